The molecule has 0 spiro atoms. The van der Waals surface area contributed by atoms with Gasteiger partial charge in [0.25, 0.3) is 5.69 Å². The molecule has 0 bridgehead atoms. The average Bonchev–Trinajstić information content (AvgIpc) is 2.73. The fourth-order valence-electron chi connectivity index (χ4n) is 3.35. The highest BCUT2D eigenvalue weighted by Gasteiger charge is 2.20. The van der Waals surface area contributed by atoms with Crippen LogP contribution in [0.1, 0.15) is 30.9 Å². The number of nitro groups is 1. The van der Waals surface area contributed by atoms with E-state index in [0.717, 1.165) is 49.8 Å². The number of benzene rings is 1. The van der Waals surface area contributed by atoms with Crippen LogP contribution in [0, 0.1) is 17.0 Å². The molecule has 0 aliphatic carbocycles. The molecule has 8 nitrogen and oxygen atoms in total. The maximum absolute atomic E-state index is 10.9. The predicted molar refractivity (Wildman–Crippen MR) is 115 cm³/mol. The third-order valence-electron chi connectivity index (χ3n) is 4.94. The van der Waals surface area contributed by atoms with Crippen LogP contribution in [0.5, 0.6) is 0 Å². The number of aliphatic imine (C=N–C) groups is 1. The van der Waals surface area contributed by atoms with Gasteiger partial charge >= 0.3 is 0 Å². The van der Waals surface area contributed by atoms with Gasteiger partial charge in [-0.05, 0) is 43.9 Å². The van der Waals surface area contributed by atoms with Crippen LogP contribution in [0.2, 0.25) is 0 Å². The van der Waals surface area contributed by atoms with Gasteiger partial charge < -0.3 is 15.5 Å². The number of aryl methyl sites for hydroxylation is 1. The Morgan fingerprint density at radius 3 is 2.76 bits per heavy atom. The van der Waals surface area contributed by atoms with Crippen LogP contribution in [0.15, 0.2) is 47.6 Å². The number of aromatic nitrogens is 1. The van der Waals surface area contributed by atoms with Gasteiger partial charge in [-0.15, -0.1) is 0 Å². The normalized spacial score (nSPS) is 15.2. The predicted octanol–water partition coefficient (Wildman–Crippen LogP) is 3.02. The van der Waals surface area contributed by atoms with E-state index in [1.165, 1.54) is 11.6 Å². The molecule has 2 heterocycles. The molecule has 0 saturated carbocycles. The van der Waals surface area contributed by atoms with Crippen LogP contribution in [0.25, 0.3) is 0 Å². The summed E-state index contributed by atoms with van der Waals surface area (Å²) in [4.78, 5) is 22.0. The van der Waals surface area contributed by atoms with Crippen molar-refractivity contribution < 1.29 is 4.92 Å². The van der Waals surface area contributed by atoms with E-state index in [-0.39, 0.29) is 10.6 Å². The Bertz CT molecular complexity index is 845. The van der Waals surface area contributed by atoms with Crippen LogP contribution < -0.4 is 15.5 Å². The Hall–Kier alpha value is -3.16. The smallest absolute Gasteiger partial charge is 0.269 e. The molecule has 1 aliphatic rings. The number of nitrogens with zero attached hydrogens (tertiary/aromatic N) is 4. The number of non-ortho nitro benzene ring substituents is 1. The van der Waals surface area contributed by atoms with E-state index in [1.54, 1.807) is 12.1 Å². The molecule has 0 atom stereocenters. The van der Waals surface area contributed by atoms with E-state index in [9.17, 15) is 10.1 Å². The number of hydrogen-bond donors (Lipinski definition) is 2. The van der Waals surface area contributed by atoms with Crippen LogP contribution in [0.3, 0.4) is 0 Å². The largest absolute Gasteiger partial charge is 0.357 e. The molecule has 154 valence electrons. The Kier molecular flexibility index (Phi) is 6.99. The molecule has 0 unspecified atom stereocenters. The second-order valence-electron chi connectivity index (χ2n) is 7.22. The SMILES string of the molecule is CCNC(=NCc1cccc([N+](=O)[O-])c1)NC1CCN(c2ccc(C)cn2)CC1. The van der Waals surface area contributed by atoms with Crippen molar-refractivity contribution in [2.75, 3.05) is 24.5 Å². The summed E-state index contributed by atoms with van der Waals surface area (Å²) < 4.78 is 0. The lowest BCUT2D eigenvalue weighted by Crippen LogP contribution is -2.48. The van der Waals surface area contributed by atoms with Crippen LogP contribution >= 0.6 is 0 Å². The number of nitrogens with one attached hydrogen (secondary N) is 2. The van der Waals surface area contributed by atoms with Gasteiger partial charge in [0.2, 0.25) is 0 Å². The Balaban J connectivity index is 1.56. The van der Waals surface area contributed by atoms with Crippen molar-refractivity contribution >= 4 is 17.5 Å². The highest BCUT2D eigenvalue weighted by molar-refractivity contribution is 5.80. The lowest BCUT2D eigenvalue weighted by Gasteiger charge is -2.33. The van der Waals surface area contributed by atoms with Crippen molar-refractivity contribution in [3.05, 3.63) is 63.8 Å². The summed E-state index contributed by atoms with van der Waals surface area (Å²) in [6, 6.07) is 11.1. The monoisotopic (exact) mass is 396 g/mol. The summed E-state index contributed by atoms with van der Waals surface area (Å²) in [5.74, 6) is 1.77. The van der Waals surface area contributed by atoms with E-state index in [4.69, 9.17) is 0 Å². The quantitative estimate of drug-likeness (QED) is 0.337. The molecule has 1 aliphatic heterocycles. The van der Waals surface area contributed by atoms with Crippen LogP contribution in [0.4, 0.5) is 11.5 Å². The number of guanidine groups is 1. The average molecular weight is 396 g/mol. The zero-order valence-electron chi connectivity index (χ0n) is 17.0. The molecule has 1 aromatic carbocycles. The summed E-state index contributed by atoms with van der Waals surface area (Å²) >= 11 is 0. The lowest BCUT2D eigenvalue weighted by molar-refractivity contribution is -0.384. The number of pyridine rings is 1. The second-order valence-corrected chi connectivity index (χ2v) is 7.22. The number of hydrogen-bond acceptors (Lipinski definition) is 5. The second kappa shape index (κ2) is 9.86. The summed E-state index contributed by atoms with van der Waals surface area (Å²) in [6.07, 6.45) is 3.90. The zero-order chi connectivity index (χ0) is 20.6. The molecule has 29 heavy (non-hydrogen) atoms. The number of anilines is 1. The first-order valence-electron chi connectivity index (χ1n) is 10.0. The first kappa shape index (κ1) is 20.6. The summed E-state index contributed by atoms with van der Waals surface area (Å²) in [5.41, 5.74) is 2.07. The van der Waals surface area contributed by atoms with Gasteiger partial charge in [0.15, 0.2) is 5.96 Å². The molecule has 2 N–H and O–H groups in total. The van der Waals surface area contributed by atoms with E-state index in [0.29, 0.717) is 12.6 Å². The molecular weight excluding hydrogens is 368 g/mol. The Labute approximate surface area is 171 Å². The van der Waals surface area contributed by atoms with Gasteiger partial charge in [-0.1, -0.05) is 18.2 Å². The minimum absolute atomic E-state index is 0.0905. The van der Waals surface area contributed by atoms with E-state index >= 15 is 0 Å². The fourth-order valence-corrected chi connectivity index (χ4v) is 3.35. The van der Waals surface area contributed by atoms with Gasteiger partial charge in [-0.2, -0.15) is 0 Å². The van der Waals surface area contributed by atoms with Gasteiger partial charge in [-0.25, -0.2) is 9.98 Å². The Morgan fingerprint density at radius 1 is 1.31 bits per heavy atom. The molecule has 0 radical (unpaired) electrons. The Morgan fingerprint density at radius 2 is 2.10 bits per heavy atom. The zero-order valence-corrected chi connectivity index (χ0v) is 17.0. The molecule has 2 aromatic rings. The minimum Gasteiger partial charge on any atom is -0.357 e. The van der Waals surface area contributed by atoms with Crippen molar-refractivity contribution in [2.45, 2.75) is 39.3 Å². The maximum Gasteiger partial charge on any atom is 0.269 e. The molecule has 3 rings (SSSR count). The first-order chi connectivity index (χ1) is 14.0. The lowest BCUT2D eigenvalue weighted by atomic mass is 10.1. The standard InChI is InChI=1S/C21H28N6O2/c1-3-22-21(24-15-17-5-4-6-19(13-17)27(28)29)25-18-9-11-26(12-10-18)20-8-7-16(2)14-23-20/h4-8,13-14,18H,3,9-12,15H2,1-2H3,(H2,22,24,25). The molecule has 1 aromatic heterocycles. The first-order valence-corrected chi connectivity index (χ1v) is 10.0. The number of piperidine rings is 1. The molecular formula is C21H28N6O2. The fraction of sp³-hybridized carbons (Fsp3) is 0.429. The number of rotatable bonds is 6. The third-order valence-corrected chi connectivity index (χ3v) is 4.94. The van der Waals surface area contributed by atoms with Gasteiger partial charge in [0.1, 0.15) is 5.82 Å². The van der Waals surface area contributed by atoms with E-state index in [2.05, 4.69) is 37.6 Å². The third kappa shape index (κ3) is 5.91. The summed E-state index contributed by atoms with van der Waals surface area (Å²) in [6.45, 7) is 7.10. The van der Waals surface area contributed by atoms with Gasteiger partial charge in [0.05, 0.1) is 11.5 Å². The van der Waals surface area contributed by atoms with Gasteiger partial charge in [-0.3, -0.25) is 10.1 Å². The van der Waals surface area contributed by atoms with Crippen molar-refractivity contribution in [1.29, 1.82) is 0 Å². The van der Waals surface area contributed by atoms with Gasteiger partial charge in [0, 0.05) is 44.0 Å². The van der Waals surface area contributed by atoms with Crippen molar-refractivity contribution in [1.82, 2.24) is 15.6 Å². The minimum atomic E-state index is -0.382. The molecule has 0 amide bonds. The van der Waals surface area contributed by atoms with Crippen LogP contribution in [-0.2, 0) is 6.54 Å². The summed E-state index contributed by atoms with van der Waals surface area (Å²) in [5, 5.41) is 17.7. The molecule has 1 saturated heterocycles. The summed E-state index contributed by atoms with van der Waals surface area (Å²) in [7, 11) is 0. The maximum atomic E-state index is 10.9. The number of nitro benzene ring substituents is 1. The van der Waals surface area contributed by atoms with Crippen molar-refractivity contribution in [3.63, 3.8) is 0 Å². The van der Waals surface area contributed by atoms with Crippen molar-refractivity contribution in [3.8, 4) is 0 Å². The molecule has 8 heteroatoms. The van der Waals surface area contributed by atoms with Crippen LogP contribution in [-0.4, -0.2) is 41.5 Å². The highest BCUT2D eigenvalue weighted by Crippen LogP contribution is 2.18. The van der Waals surface area contributed by atoms with Crippen molar-refractivity contribution in [2.24, 2.45) is 4.99 Å². The highest BCUT2D eigenvalue weighted by atomic mass is 16.6. The molecule has 1 fully saturated rings. The topological polar surface area (TPSA) is 95.7 Å². The van der Waals surface area contributed by atoms with E-state index in [1.807, 2.05) is 26.1 Å². The van der Waals surface area contributed by atoms with E-state index < -0.39 is 0 Å².